The molecule has 1 aromatic carbocycles. The first-order chi connectivity index (χ1) is 11.9. The minimum absolute atomic E-state index is 0.111. The third-order valence-corrected chi connectivity index (χ3v) is 3.41. The monoisotopic (exact) mass is 350 g/mol. The number of hydrogen-bond acceptors (Lipinski definition) is 7. The Hall–Kier alpha value is -3.10. The van der Waals surface area contributed by atoms with Crippen molar-refractivity contribution in [1.29, 1.82) is 0 Å². The van der Waals surface area contributed by atoms with Crippen molar-refractivity contribution in [1.82, 2.24) is 5.32 Å². The Morgan fingerprint density at radius 1 is 1.32 bits per heavy atom. The predicted molar refractivity (Wildman–Crippen MR) is 85.0 cm³/mol. The van der Waals surface area contributed by atoms with Crippen LogP contribution in [0.2, 0.25) is 0 Å². The van der Waals surface area contributed by atoms with Gasteiger partial charge in [0.1, 0.15) is 12.3 Å². The second kappa shape index (κ2) is 8.13. The topological polar surface area (TPSA) is 111 Å². The van der Waals surface area contributed by atoms with Crippen molar-refractivity contribution in [2.24, 2.45) is 0 Å². The number of nitrogens with one attached hydrogen (secondary N) is 1. The third kappa shape index (κ3) is 4.69. The maximum atomic E-state index is 12.2. The molecule has 0 aromatic heterocycles. The molecule has 0 unspecified atom stereocenters. The zero-order valence-corrected chi connectivity index (χ0v) is 13.8. The fourth-order valence-corrected chi connectivity index (χ4v) is 2.16. The highest BCUT2D eigenvalue weighted by Gasteiger charge is 2.27. The first-order valence-corrected chi connectivity index (χ1v) is 7.53. The Kier molecular flexibility index (Phi) is 5.93. The summed E-state index contributed by atoms with van der Waals surface area (Å²) in [6, 6.07) is 6.81. The molecule has 3 amide bonds. The molecule has 0 saturated heterocycles. The number of fused-ring (bicyclic) bond motifs is 1. The van der Waals surface area contributed by atoms with Gasteiger partial charge in [0.05, 0.1) is 25.8 Å². The highest BCUT2D eigenvalue weighted by atomic mass is 16.6. The van der Waals surface area contributed by atoms with E-state index in [0.29, 0.717) is 11.4 Å². The van der Waals surface area contributed by atoms with Gasteiger partial charge in [0, 0.05) is 0 Å². The number of hydrogen-bond donors (Lipinski definition) is 1. The number of benzene rings is 1. The minimum atomic E-state index is -1.22. The molecule has 1 aromatic rings. The van der Waals surface area contributed by atoms with Crippen LogP contribution in [0.1, 0.15) is 13.3 Å². The first-order valence-electron chi connectivity index (χ1n) is 7.53. The third-order valence-electron chi connectivity index (χ3n) is 3.41. The number of imide groups is 1. The Bertz CT molecular complexity index is 689. The molecule has 0 fully saturated rings. The first kappa shape index (κ1) is 18.2. The molecule has 9 heteroatoms. The van der Waals surface area contributed by atoms with E-state index in [-0.39, 0.29) is 25.5 Å². The summed E-state index contributed by atoms with van der Waals surface area (Å²) < 4.78 is 14.7. The van der Waals surface area contributed by atoms with E-state index in [2.05, 4.69) is 4.74 Å². The predicted octanol–water partition coefficient (Wildman–Crippen LogP) is 0.616. The maximum absolute atomic E-state index is 12.2. The van der Waals surface area contributed by atoms with Gasteiger partial charge in [-0.2, -0.15) is 0 Å². The summed E-state index contributed by atoms with van der Waals surface area (Å²) in [5, 5.41) is 1.89. The average molecular weight is 350 g/mol. The zero-order valence-electron chi connectivity index (χ0n) is 13.8. The number of nitrogens with zero attached hydrogens (tertiary/aromatic N) is 1. The number of carbonyl (C=O) groups excluding carboxylic acids is 4. The lowest BCUT2D eigenvalue weighted by molar-refractivity contribution is -0.153. The normalized spacial score (nSPS) is 14.5. The molecule has 1 aliphatic heterocycles. The second-order valence-corrected chi connectivity index (χ2v) is 5.16. The Morgan fingerprint density at radius 2 is 2.04 bits per heavy atom. The number of esters is 1. The lowest BCUT2D eigenvalue weighted by Gasteiger charge is -2.21. The number of amides is 3. The van der Waals surface area contributed by atoms with E-state index in [1.807, 2.05) is 5.32 Å². The Balaban J connectivity index is 2.03. The summed E-state index contributed by atoms with van der Waals surface area (Å²) in [6.45, 7) is 1.13. The lowest BCUT2D eigenvalue weighted by Crippen LogP contribution is -2.42. The smallest absolute Gasteiger partial charge is 0.413 e. The second-order valence-electron chi connectivity index (χ2n) is 5.16. The van der Waals surface area contributed by atoms with Gasteiger partial charge in [-0.1, -0.05) is 12.1 Å². The van der Waals surface area contributed by atoms with Gasteiger partial charge < -0.3 is 14.2 Å². The summed E-state index contributed by atoms with van der Waals surface area (Å²) >= 11 is 0. The van der Waals surface area contributed by atoms with Gasteiger partial charge >= 0.3 is 12.1 Å². The summed E-state index contributed by atoms with van der Waals surface area (Å²) in [4.78, 5) is 48.2. The van der Waals surface area contributed by atoms with Crippen LogP contribution in [0.3, 0.4) is 0 Å². The van der Waals surface area contributed by atoms with E-state index >= 15 is 0 Å². The van der Waals surface area contributed by atoms with Crippen molar-refractivity contribution < 1.29 is 33.4 Å². The molecule has 1 N–H and O–H groups in total. The van der Waals surface area contributed by atoms with E-state index in [4.69, 9.17) is 9.47 Å². The number of rotatable bonds is 4. The van der Waals surface area contributed by atoms with E-state index in [9.17, 15) is 19.2 Å². The molecule has 2 rings (SSSR count). The highest BCUT2D eigenvalue weighted by Crippen LogP contribution is 2.30. The number of carbonyl (C=O) groups is 4. The van der Waals surface area contributed by atoms with Crippen LogP contribution in [0, 0.1) is 0 Å². The number of para-hydroxylation sites is 2. The van der Waals surface area contributed by atoms with E-state index in [1.54, 1.807) is 24.3 Å². The van der Waals surface area contributed by atoms with Gasteiger partial charge in [0.2, 0.25) is 5.91 Å². The highest BCUT2D eigenvalue weighted by molar-refractivity contribution is 6.00. The number of methoxy groups -OCH3 is 1. The molecule has 0 aliphatic carbocycles. The average Bonchev–Trinajstić information content (AvgIpc) is 2.74. The summed E-state index contributed by atoms with van der Waals surface area (Å²) in [7, 11) is 1.10. The van der Waals surface area contributed by atoms with E-state index < -0.39 is 24.1 Å². The quantitative estimate of drug-likeness (QED) is 0.792. The van der Waals surface area contributed by atoms with Crippen LogP contribution < -0.4 is 15.0 Å². The summed E-state index contributed by atoms with van der Waals surface area (Å²) in [5.41, 5.74) is 0.452. The summed E-state index contributed by atoms with van der Waals surface area (Å²) in [5.74, 6) is -1.44. The summed E-state index contributed by atoms with van der Waals surface area (Å²) in [6.07, 6.45) is -2.07. The molecule has 0 radical (unpaired) electrons. The van der Waals surface area contributed by atoms with E-state index in [1.165, 1.54) is 11.8 Å². The molecule has 0 bridgehead atoms. The molecule has 1 heterocycles. The van der Waals surface area contributed by atoms with Gasteiger partial charge in [-0.05, 0) is 19.1 Å². The van der Waals surface area contributed by atoms with Crippen molar-refractivity contribution in [2.45, 2.75) is 19.4 Å². The molecule has 0 spiro atoms. The fraction of sp³-hybridized carbons (Fsp3) is 0.375. The molecule has 0 saturated carbocycles. The van der Waals surface area contributed by atoms with Crippen LogP contribution in [-0.4, -0.2) is 50.2 Å². The molecule has 1 aliphatic rings. The molecular weight excluding hydrogens is 332 g/mol. The Labute approximate surface area is 143 Å². The SMILES string of the molecule is COC(=O)NC(=O)[C@@H](C)OC(=O)CN1C(=O)CCOc2ccccc21. The fourth-order valence-electron chi connectivity index (χ4n) is 2.16. The van der Waals surface area contributed by atoms with Gasteiger partial charge in [-0.15, -0.1) is 0 Å². The lowest BCUT2D eigenvalue weighted by atomic mass is 10.2. The van der Waals surface area contributed by atoms with Gasteiger partial charge in [0.15, 0.2) is 6.10 Å². The Morgan fingerprint density at radius 3 is 2.76 bits per heavy atom. The zero-order chi connectivity index (χ0) is 18.4. The van der Waals surface area contributed by atoms with Crippen molar-refractivity contribution >= 4 is 29.6 Å². The minimum Gasteiger partial charge on any atom is -0.491 e. The van der Waals surface area contributed by atoms with Crippen molar-refractivity contribution in [3.05, 3.63) is 24.3 Å². The maximum Gasteiger partial charge on any atom is 0.413 e. The standard InChI is InChI=1S/C16H18N2O7/c1-10(15(21)17-16(22)23-2)25-14(20)9-18-11-5-3-4-6-12(11)24-8-7-13(18)19/h3-6,10H,7-9H2,1-2H3,(H,17,21,22)/t10-/m1/s1. The molecular formula is C16H18N2O7. The van der Waals surface area contributed by atoms with Gasteiger partial charge in [0.25, 0.3) is 5.91 Å². The number of ether oxygens (including phenoxy) is 3. The van der Waals surface area contributed by atoms with Crippen molar-refractivity contribution in [2.75, 3.05) is 25.2 Å². The van der Waals surface area contributed by atoms with Crippen LogP contribution >= 0.6 is 0 Å². The van der Waals surface area contributed by atoms with Crippen LogP contribution in [0.25, 0.3) is 0 Å². The van der Waals surface area contributed by atoms with Crippen LogP contribution in [0.15, 0.2) is 24.3 Å². The largest absolute Gasteiger partial charge is 0.491 e. The van der Waals surface area contributed by atoms with Gasteiger partial charge in [-0.3, -0.25) is 24.6 Å². The molecule has 1 atom stereocenters. The van der Waals surface area contributed by atoms with Crippen LogP contribution in [0.5, 0.6) is 5.75 Å². The molecule has 9 nitrogen and oxygen atoms in total. The van der Waals surface area contributed by atoms with Crippen molar-refractivity contribution in [3.8, 4) is 5.75 Å². The van der Waals surface area contributed by atoms with Crippen LogP contribution in [-0.2, 0) is 23.9 Å². The van der Waals surface area contributed by atoms with Crippen LogP contribution in [0.4, 0.5) is 10.5 Å². The number of anilines is 1. The number of alkyl carbamates (subject to hydrolysis) is 1. The molecule has 25 heavy (non-hydrogen) atoms. The van der Waals surface area contributed by atoms with Gasteiger partial charge in [-0.25, -0.2) is 4.79 Å². The molecule has 134 valence electrons. The van der Waals surface area contributed by atoms with E-state index in [0.717, 1.165) is 7.11 Å². The van der Waals surface area contributed by atoms with Crippen molar-refractivity contribution in [3.63, 3.8) is 0 Å².